The molecule has 2 rings (SSSR count). The Morgan fingerprint density at radius 2 is 2.09 bits per heavy atom. The maximum atomic E-state index is 2.49. The van der Waals surface area contributed by atoms with Crippen LogP contribution in [0.5, 0.6) is 0 Å². The van der Waals surface area contributed by atoms with E-state index in [1.54, 1.807) is 0 Å². The van der Waals surface area contributed by atoms with E-state index in [4.69, 9.17) is 0 Å². The van der Waals surface area contributed by atoms with Crippen molar-refractivity contribution in [3.8, 4) is 0 Å². The summed E-state index contributed by atoms with van der Waals surface area (Å²) >= 11 is 0. The second-order valence-electron chi connectivity index (χ2n) is 5.26. The molecule has 0 N–H and O–H groups in total. The number of rotatable bonds is 1. The van der Waals surface area contributed by atoms with Gasteiger partial charge in [0.05, 0.1) is 0 Å². The van der Waals surface area contributed by atoms with Crippen LogP contribution in [-0.2, 0) is 0 Å². The molecule has 64 valence electrons. The largest absolute Gasteiger partial charge is 0.0625 e. The predicted octanol–water partition coefficient (Wildman–Crippen LogP) is 3.47. The van der Waals surface area contributed by atoms with Crippen molar-refractivity contribution >= 4 is 0 Å². The van der Waals surface area contributed by atoms with Crippen molar-refractivity contribution in [1.29, 1.82) is 0 Å². The van der Waals surface area contributed by atoms with Crippen LogP contribution < -0.4 is 0 Å². The van der Waals surface area contributed by atoms with Gasteiger partial charge in [-0.15, -0.1) is 0 Å². The summed E-state index contributed by atoms with van der Waals surface area (Å²) in [5.74, 6) is 3.10. The van der Waals surface area contributed by atoms with Crippen LogP contribution >= 0.6 is 0 Å². The van der Waals surface area contributed by atoms with E-state index in [0.29, 0.717) is 0 Å². The summed E-state index contributed by atoms with van der Waals surface area (Å²) in [6.07, 6.45) is 6.06. The van der Waals surface area contributed by atoms with Crippen LogP contribution in [-0.4, -0.2) is 0 Å². The Morgan fingerprint density at radius 3 is 2.64 bits per heavy atom. The van der Waals surface area contributed by atoms with Crippen LogP contribution in [0.25, 0.3) is 0 Å². The lowest BCUT2D eigenvalue weighted by molar-refractivity contribution is 0.216. The van der Waals surface area contributed by atoms with Crippen LogP contribution in [0, 0.1) is 23.2 Å². The minimum atomic E-state index is 0.799. The molecule has 0 aromatic heterocycles. The van der Waals surface area contributed by atoms with Crippen molar-refractivity contribution in [2.45, 2.75) is 46.5 Å². The molecule has 0 heteroatoms. The van der Waals surface area contributed by atoms with Gasteiger partial charge >= 0.3 is 0 Å². The highest BCUT2D eigenvalue weighted by molar-refractivity contribution is 5.05. The van der Waals surface area contributed by atoms with Gasteiger partial charge in [-0.1, -0.05) is 27.2 Å². The van der Waals surface area contributed by atoms with Crippen LogP contribution in [0.2, 0.25) is 0 Å². The average molecular weight is 152 g/mol. The van der Waals surface area contributed by atoms with E-state index in [0.717, 1.165) is 23.2 Å². The lowest BCUT2D eigenvalue weighted by atomic mass is 9.77. The van der Waals surface area contributed by atoms with E-state index in [1.165, 1.54) is 25.7 Å². The summed E-state index contributed by atoms with van der Waals surface area (Å²) in [6, 6.07) is 0. The van der Waals surface area contributed by atoms with E-state index in [2.05, 4.69) is 20.8 Å². The molecule has 0 saturated heterocycles. The average Bonchev–Trinajstić information content (AvgIpc) is 2.58. The van der Waals surface area contributed by atoms with Crippen molar-refractivity contribution < 1.29 is 0 Å². The summed E-state index contributed by atoms with van der Waals surface area (Å²) < 4.78 is 0. The van der Waals surface area contributed by atoms with E-state index in [-0.39, 0.29) is 0 Å². The molecule has 0 aromatic carbocycles. The quantitative estimate of drug-likeness (QED) is 0.539. The highest BCUT2D eigenvalue weighted by Crippen LogP contribution is 2.64. The normalized spacial score (nSPS) is 49.1. The predicted molar refractivity (Wildman–Crippen MR) is 48.4 cm³/mol. The lowest BCUT2D eigenvalue weighted by Crippen LogP contribution is -2.19. The minimum Gasteiger partial charge on any atom is -0.0625 e. The standard InChI is InChI=1S/C11H20/c1-8(2)9-5-4-6-11(3)7-10(9)11/h8-10H,4-7H2,1-3H3. The van der Waals surface area contributed by atoms with Crippen molar-refractivity contribution in [3.05, 3.63) is 0 Å². The van der Waals surface area contributed by atoms with Crippen LogP contribution in [0.3, 0.4) is 0 Å². The summed E-state index contributed by atoms with van der Waals surface area (Å²) in [6.45, 7) is 7.29. The molecular formula is C11H20. The van der Waals surface area contributed by atoms with Crippen LogP contribution in [0.1, 0.15) is 46.5 Å². The van der Waals surface area contributed by atoms with Gasteiger partial charge in [-0.25, -0.2) is 0 Å². The SMILES string of the molecule is CC(C)C1CCCC2(C)CC12. The molecule has 0 nitrogen and oxygen atoms in total. The second kappa shape index (κ2) is 2.24. The van der Waals surface area contributed by atoms with Gasteiger partial charge in [0, 0.05) is 0 Å². The highest BCUT2D eigenvalue weighted by atomic mass is 14.6. The van der Waals surface area contributed by atoms with E-state index < -0.39 is 0 Å². The van der Waals surface area contributed by atoms with Gasteiger partial charge in [-0.05, 0) is 42.4 Å². The zero-order valence-electron chi connectivity index (χ0n) is 8.06. The third-order valence-corrected chi connectivity index (χ3v) is 4.08. The maximum absolute atomic E-state index is 2.49. The molecule has 2 fully saturated rings. The molecule has 0 bridgehead atoms. The van der Waals surface area contributed by atoms with Crippen molar-refractivity contribution in [2.24, 2.45) is 23.2 Å². The van der Waals surface area contributed by atoms with Gasteiger partial charge in [0.25, 0.3) is 0 Å². The number of hydrogen-bond donors (Lipinski definition) is 0. The Morgan fingerprint density at radius 1 is 1.36 bits per heavy atom. The monoisotopic (exact) mass is 152 g/mol. The van der Waals surface area contributed by atoms with E-state index in [1.807, 2.05) is 0 Å². The second-order valence-corrected chi connectivity index (χ2v) is 5.26. The molecule has 2 aliphatic rings. The van der Waals surface area contributed by atoms with Gasteiger partial charge in [0.1, 0.15) is 0 Å². The highest BCUT2D eigenvalue weighted by Gasteiger charge is 2.55. The molecule has 3 unspecified atom stereocenters. The smallest absolute Gasteiger partial charge is 0.0292 e. The Hall–Kier alpha value is 0. The Labute approximate surface area is 70.4 Å². The lowest BCUT2D eigenvalue weighted by Gasteiger charge is -2.28. The molecule has 3 atom stereocenters. The van der Waals surface area contributed by atoms with Gasteiger partial charge < -0.3 is 0 Å². The summed E-state index contributed by atoms with van der Waals surface area (Å²) in [4.78, 5) is 0. The fraction of sp³-hybridized carbons (Fsp3) is 1.00. The van der Waals surface area contributed by atoms with Crippen LogP contribution in [0.15, 0.2) is 0 Å². The Bertz CT molecular complexity index is 159. The van der Waals surface area contributed by atoms with Crippen molar-refractivity contribution in [1.82, 2.24) is 0 Å². The zero-order chi connectivity index (χ0) is 8.06. The fourth-order valence-electron chi connectivity index (χ4n) is 3.14. The van der Waals surface area contributed by atoms with E-state index >= 15 is 0 Å². The third kappa shape index (κ3) is 1.11. The molecule has 11 heavy (non-hydrogen) atoms. The molecule has 2 aliphatic carbocycles. The summed E-state index contributed by atoms with van der Waals surface area (Å²) in [5, 5.41) is 0. The van der Waals surface area contributed by atoms with Crippen molar-refractivity contribution in [3.63, 3.8) is 0 Å². The molecule has 0 aliphatic heterocycles. The third-order valence-electron chi connectivity index (χ3n) is 4.08. The minimum absolute atomic E-state index is 0.799. The molecule has 0 radical (unpaired) electrons. The first-order valence-corrected chi connectivity index (χ1v) is 5.13. The first-order valence-electron chi connectivity index (χ1n) is 5.13. The van der Waals surface area contributed by atoms with Crippen molar-refractivity contribution in [2.75, 3.05) is 0 Å². The van der Waals surface area contributed by atoms with Gasteiger partial charge in [0.15, 0.2) is 0 Å². The van der Waals surface area contributed by atoms with Crippen LogP contribution in [0.4, 0.5) is 0 Å². The topological polar surface area (TPSA) is 0 Å². The Balaban J connectivity index is 2.03. The molecule has 2 saturated carbocycles. The molecule has 0 amide bonds. The number of fused-ring (bicyclic) bond motifs is 1. The first kappa shape index (κ1) is 7.64. The molecular weight excluding hydrogens is 132 g/mol. The summed E-state index contributed by atoms with van der Waals surface area (Å²) in [7, 11) is 0. The molecule has 0 heterocycles. The molecule has 0 aromatic rings. The van der Waals surface area contributed by atoms with Gasteiger partial charge in [-0.2, -0.15) is 0 Å². The molecule has 0 spiro atoms. The summed E-state index contributed by atoms with van der Waals surface area (Å²) in [5.41, 5.74) is 0.799. The fourth-order valence-corrected chi connectivity index (χ4v) is 3.14. The first-order chi connectivity index (χ1) is 5.13. The Kier molecular flexibility index (Phi) is 1.56. The number of hydrogen-bond acceptors (Lipinski definition) is 0. The van der Waals surface area contributed by atoms with Gasteiger partial charge in [-0.3, -0.25) is 0 Å². The van der Waals surface area contributed by atoms with E-state index in [9.17, 15) is 0 Å². The van der Waals surface area contributed by atoms with Gasteiger partial charge in [0.2, 0.25) is 0 Å². The maximum Gasteiger partial charge on any atom is -0.0292 e. The zero-order valence-corrected chi connectivity index (χ0v) is 8.06.